The highest BCUT2D eigenvalue weighted by Crippen LogP contribution is 2.26. The number of rotatable bonds is 9. The van der Waals surface area contributed by atoms with Gasteiger partial charge in [0.25, 0.3) is 0 Å². The van der Waals surface area contributed by atoms with E-state index in [9.17, 15) is 9.50 Å². The average Bonchev–Trinajstić information content (AvgIpc) is 3.29. The molecule has 0 amide bonds. The van der Waals surface area contributed by atoms with Gasteiger partial charge in [-0.3, -0.25) is 4.90 Å². The van der Waals surface area contributed by atoms with Crippen molar-refractivity contribution in [3.05, 3.63) is 90.7 Å². The fourth-order valence-corrected chi connectivity index (χ4v) is 3.99. The van der Waals surface area contributed by atoms with E-state index >= 15 is 0 Å². The van der Waals surface area contributed by atoms with Crippen molar-refractivity contribution in [2.75, 3.05) is 18.4 Å². The van der Waals surface area contributed by atoms with Gasteiger partial charge < -0.3 is 15.2 Å². The van der Waals surface area contributed by atoms with E-state index in [0.29, 0.717) is 35.8 Å². The molecule has 4 rings (SSSR count). The smallest absolute Gasteiger partial charge is 0.132 e. The first-order valence-corrected chi connectivity index (χ1v) is 10.7. The van der Waals surface area contributed by atoms with Gasteiger partial charge in [-0.1, -0.05) is 30.8 Å². The molecule has 1 aliphatic rings. The zero-order chi connectivity index (χ0) is 22.3. The number of halogens is 1. The normalized spacial score (nSPS) is 17.1. The monoisotopic (exact) mass is 434 g/mol. The summed E-state index contributed by atoms with van der Waals surface area (Å²) in [5.41, 5.74) is 1.34. The number of aromatic nitrogens is 2. The van der Waals surface area contributed by atoms with Crippen molar-refractivity contribution in [3.63, 3.8) is 0 Å². The minimum atomic E-state index is -0.653. The Morgan fingerprint density at radius 3 is 2.84 bits per heavy atom. The first-order valence-electron chi connectivity index (χ1n) is 10.7. The van der Waals surface area contributed by atoms with Gasteiger partial charge in [0.15, 0.2) is 0 Å². The molecule has 2 atom stereocenters. The lowest BCUT2D eigenvalue weighted by Gasteiger charge is -2.28. The highest BCUT2D eigenvalue weighted by Gasteiger charge is 2.28. The van der Waals surface area contributed by atoms with Gasteiger partial charge in [-0.05, 0) is 42.7 Å². The van der Waals surface area contributed by atoms with E-state index in [1.54, 1.807) is 24.4 Å². The number of nitrogens with one attached hydrogen (secondary N) is 1. The van der Waals surface area contributed by atoms with Crippen LogP contribution in [0.2, 0.25) is 0 Å². The predicted octanol–water partition coefficient (Wildman–Crippen LogP) is 4.38. The molecule has 6 nitrogen and oxygen atoms in total. The molecule has 0 radical (unpaired) electrons. The first-order chi connectivity index (χ1) is 15.6. The van der Waals surface area contributed by atoms with Gasteiger partial charge in [0.1, 0.15) is 35.7 Å². The number of hydrogen-bond acceptors (Lipinski definition) is 6. The summed E-state index contributed by atoms with van der Waals surface area (Å²) in [6.45, 7) is 5.14. The lowest BCUT2D eigenvalue weighted by molar-refractivity contribution is 0.0359. The maximum Gasteiger partial charge on any atom is 0.132 e. The van der Waals surface area contributed by atoms with Gasteiger partial charge >= 0.3 is 0 Å². The summed E-state index contributed by atoms with van der Waals surface area (Å²) >= 11 is 0. The first kappa shape index (κ1) is 21.9. The molecule has 7 heteroatoms. The molecule has 1 aliphatic heterocycles. The van der Waals surface area contributed by atoms with Gasteiger partial charge in [-0.25, -0.2) is 14.4 Å². The molecular formula is C25H27FN4O2. The minimum absolute atomic E-state index is 0.178. The van der Waals surface area contributed by atoms with Gasteiger partial charge in [0.05, 0.1) is 0 Å². The summed E-state index contributed by atoms with van der Waals surface area (Å²) < 4.78 is 20.5. The van der Waals surface area contributed by atoms with Gasteiger partial charge in [-0.15, -0.1) is 0 Å². The topological polar surface area (TPSA) is 70.5 Å². The lowest BCUT2D eigenvalue weighted by Crippen LogP contribution is -2.41. The third-order valence-electron chi connectivity index (χ3n) is 5.65. The fraction of sp³-hybridized carbons (Fsp3) is 0.280. The molecule has 0 saturated carbocycles. The Kier molecular flexibility index (Phi) is 7.09. The number of likely N-dealkylation sites (tertiary alicyclic amines) is 1. The summed E-state index contributed by atoms with van der Waals surface area (Å²) in [5, 5.41) is 13.5. The summed E-state index contributed by atoms with van der Waals surface area (Å²) in [7, 11) is 0. The van der Waals surface area contributed by atoms with E-state index in [1.807, 2.05) is 35.2 Å². The Hall–Kier alpha value is -3.29. The lowest BCUT2D eigenvalue weighted by atomic mass is 10.1. The number of nitrogens with zero attached hydrogens (tertiary/aromatic N) is 3. The number of aliphatic hydroxyl groups is 1. The second kappa shape index (κ2) is 10.3. The van der Waals surface area contributed by atoms with E-state index in [4.69, 9.17) is 4.74 Å². The fourth-order valence-electron chi connectivity index (χ4n) is 3.99. The molecule has 3 aromatic rings. The average molecular weight is 435 g/mol. The molecule has 1 aromatic heterocycles. The SMILES string of the molecule is C=CC(O)N1CCCC1CNc1ncncc1Cc1ccc(Oc2ccccc2)cc1F. The van der Waals surface area contributed by atoms with Crippen LogP contribution in [-0.4, -0.2) is 45.3 Å². The maximum atomic E-state index is 14.8. The van der Waals surface area contributed by atoms with Crippen LogP contribution >= 0.6 is 0 Å². The quantitative estimate of drug-likeness (QED) is 0.487. The van der Waals surface area contributed by atoms with Crippen LogP contribution in [0.25, 0.3) is 0 Å². The summed E-state index contributed by atoms with van der Waals surface area (Å²) in [6, 6.07) is 14.3. The molecule has 166 valence electrons. The van der Waals surface area contributed by atoms with E-state index in [1.165, 1.54) is 12.4 Å². The minimum Gasteiger partial charge on any atom is -0.457 e. The molecule has 1 saturated heterocycles. The standard InChI is InChI=1S/C25H27FN4O2/c1-2-24(31)30-12-6-7-20(30)16-28-25-19(15-27-17-29-25)13-18-10-11-22(14-23(18)26)32-21-8-4-3-5-9-21/h2-5,8-11,14-15,17,20,24,31H,1,6-7,12-13,16H2,(H,27,28,29). The van der Waals surface area contributed by atoms with Crippen LogP contribution in [0, 0.1) is 5.82 Å². The maximum absolute atomic E-state index is 14.8. The third kappa shape index (κ3) is 5.30. The highest BCUT2D eigenvalue weighted by atomic mass is 19.1. The van der Waals surface area contributed by atoms with Crippen molar-refractivity contribution in [3.8, 4) is 11.5 Å². The van der Waals surface area contributed by atoms with Crippen molar-refractivity contribution in [1.82, 2.24) is 14.9 Å². The number of hydrogen-bond donors (Lipinski definition) is 2. The van der Waals surface area contributed by atoms with Crippen molar-refractivity contribution in [2.24, 2.45) is 0 Å². The van der Waals surface area contributed by atoms with E-state index < -0.39 is 6.23 Å². The van der Waals surface area contributed by atoms with Crippen LogP contribution in [0.1, 0.15) is 24.0 Å². The molecule has 2 heterocycles. The summed E-state index contributed by atoms with van der Waals surface area (Å²) in [4.78, 5) is 10.5. The van der Waals surface area contributed by atoms with E-state index in [0.717, 1.165) is 24.9 Å². The van der Waals surface area contributed by atoms with E-state index in [-0.39, 0.29) is 11.9 Å². The largest absolute Gasteiger partial charge is 0.457 e. The molecule has 2 aromatic carbocycles. The van der Waals surface area contributed by atoms with Crippen LogP contribution in [0.15, 0.2) is 73.7 Å². The molecule has 0 aliphatic carbocycles. The number of para-hydroxylation sites is 1. The number of aliphatic hydroxyl groups excluding tert-OH is 1. The van der Waals surface area contributed by atoms with Crippen LogP contribution < -0.4 is 10.1 Å². The van der Waals surface area contributed by atoms with E-state index in [2.05, 4.69) is 21.9 Å². The van der Waals surface area contributed by atoms with Crippen molar-refractivity contribution in [2.45, 2.75) is 31.5 Å². The molecule has 0 spiro atoms. The zero-order valence-corrected chi connectivity index (χ0v) is 17.8. The second-order valence-corrected chi connectivity index (χ2v) is 7.81. The number of benzene rings is 2. The van der Waals surface area contributed by atoms with Crippen molar-refractivity contribution >= 4 is 5.82 Å². The van der Waals surface area contributed by atoms with Gasteiger partial charge in [0.2, 0.25) is 0 Å². The third-order valence-corrected chi connectivity index (χ3v) is 5.65. The Balaban J connectivity index is 1.43. The predicted molar refractivity (Wildman–Crippen MR) is 122 cm³/mol. The zero-order valence-electron chi connectivity index (χ0n) is 17.8. The van der Waals surface area contributed by atoms with Gasteiger partial charge in [-0.2, -0.15) is 0 Å². The van der Waals surface area contributed by atoms with Crippen molar-refractivity contribution in [1.29, 1.82) is 0 Å². The Labute approximate surface area is 187 Å². The number of anilines is 1. The van der Waals surface area contributed by atoms with Crippen LogP contribution in [0.3, 0.4) is 0 Å². The molecule has 0 bridgehead atoms. The van der Waals surface area contributed by atoms with Crippen molar-refractivity contribution < 1.29 is 14.2 Å². The Bertz CT molecular complexity index is 1050. The molecule has 1 fully saturated rings. The summed E-state index contributed by atoms with van der Waals surface area (Å²) in [6.07, 6.45) is 6.43. The highest BCUT2D eigenvalue weighted by molar-refractivity contribution is 5.46. The molecular weight excluding hydrogens is 407 g/mol. The molecule has 2 unspecified atom stereocenters. The molecule has 2 N–H and O–H groups in total. The Morgan fingerprint density at radius 2 is 2.06 bits per heavy atom. The second-order valence-electron chi connectivity index (χ2n) is 7.81. The van der Waals surface area contributed by atoms with Gasteiger partial charge in [0, 0.05) is 43.4 Å². The summed E-state index contributed by atoms with van der Waals surface area (Å²) in [5.74, 6) is 1.43. The Morgan fingerprint density at radius 1 is 1.22 bits per heavy atom. The van der Waals surface area contributed by atoms with Crippen LogP contribution in [0.5, 0.6) is 11.5 Å². The molecule has 32 heavy (non-hydrogen) atoms. The van der Waals surface area contributed by atoms with Crippen LogP contribution in [0.4, 0.5) is 10.2 Å². The number of ether oxygens (including phenoxy) is 1. The van der Waals surface area contributed by atoms with Crippen LogP contribution in [-0.2, 0) is 6.42 Å².